The van der Waals surface area contributed by atoms with Crippen LogP contribution in [0.15, 0.2) is 54.6 Å². The number of carbonyl (C=O) groups is 1. The van der Waals surface area contributed by atoms with E-state index in [4.69, 9.17) is 14.6 Å². The summed E-state index contributed by atoms with van der Waals surface area (Å²) in [4.78, 5) is 10.6. The third-order valence-corrected chi connectivity index (χ3v) is 6.31. The van der Waals surface area contributed by atoms with Crippen molar-refractivity contribution >= 4 is 16.7 Å². The van der Waals surface area contributed by atoms with Crippen molar-refractivity contribution in [1.29, 1.82) is 0 Å². The first-order valence-electron chi connectivity index (χ1n) is 12.1. The lowest BCUT2D eigenvalue weighted by Gasteiger charge is -2.15. The molecule has 0 aliphatic carbocycles. The zero-order chi connectivity index (χ0) is 23.5. The number of fused-ring (bicyclic) bond motifs is 1. The average Bonchev–Trinajstić information content (AvgIpc) is 2.84. The van der Waals surface area contributed by atoms with Gasteiger partial charge in [0.2, 0.25) is 0 Å². The Morgan fingerprint density at radius 2 is 1.33 bits per heavy atom. The van der Waals surface area contributed by atoms with E-state index in [-0.39, 0.29) is 0 Å². The van der Waals surface area contributed by atoms with Gasteiger partial charge in [-0.15, -0.1) is 0 Å². The number of ether oxygens (including phenoxy) is 2. The summed E-state index contributed by atoms with van der Waals surface area (Å²) in [6, 6.07) is 19.1. The van der Waals surface area contributed by atoms with Crippen molar-refractivity contribution in [3.05, 3.63) is 60.2 Å². The van der Waals surface area contributed by atoms with E-state index in [0.29, 0.717) is 6.42 Å². The molecule has 0 saturated heterocycles. The Morgan fingerprint density at radius 1 is 0.727 bits per heavy atom. The molecule has 33 heavy (non-hydrogen) atoms. The normalized spacial score (nSPS) is 11.0. The van der Waals surface area contributed by atoms with E-state index in [1.807, 2.05) is 18.2 Å². The summed E-state index contributed by atoms with van der Waals surface area (Å²) in [6.45, 7) is 0. The van der Waals surface area contributed by atoms with Gasteiger partial charge in [-0.2, -0.15) is 0 Å². The number of methoxy groups -OCH3 is 2. The SMILES string of the molecule is COc1ccc(-c2ccc3cc(OC)ccc3c2CCCCCCCCCCC(=O)O)cc1. The first-order valence-corrected chi connectivity index (χ1v) is 12.1. The monoisotopic (exact) mass is 448 g/mol. The summed E-state index contributed by atoms with van der Waals surface area (Å²) in [5.41, 5.74) is 3.90. The van der Waals surface area contributed by atoms with Crippen LogP contribution in [0.4, 0.5) is 0 Å². The predicted octanol–water partition coefficient (Wildman–Crippen LogP) is 7.66. The van der Waals surface area contributed by atoms with Gasteiger partial charge >= 0.3 is 5.97 Å². The molecule has 4 nitrogen and oxygen atoms in total. The van der Waals surface area contributed by atoms with Gasteiger partial charge in [-0.3, -0.25) is 4.79 Å². The van der Waals surface area contributed by atoms with E-state index in [0.717, 1.165) is 43.6 Å². The second-order valence-electron chi connectivity index (χ2n) is 8.63. The summed E-state index contributed by atoms with van der Waals surface area (Å²) in [7, 11) is 3.40. The zero-order valence-electron chi connectivity index (χ0n) is 19.9. The highest BCUT2D eigenvalue weighted by Crippen LogP contribution is 2.34. The molecule has 176 valence electrons. The van der Waals surface area contributed by atoms with Gasteiger partial charge in [-0.1, -0.05) is 68.9 Å². The Morgan fingerprint density at radius 3 is 1.97 bits per heavy atom. The minimum Gasteiger partial charge on any atom is -0.497 e. The number of rotatable bonds is 14. The van der Waals surface area contributed by atoms with Crippen molar-refractivity contribution in [3.63, 3.8) is 0 Å². The van der Waals surface area contributed by atoms with Gasteiger partial charge in [0, 0.05) is 6.42 Å². The molecule has 0 bridgehead atoms. The van der Waals surface area contributed by atoms with Crippen LogP contribution in [-0.2, 0) is 11.2 Å². The number of carboxylic acids is 1. The minimum atomic E-state index is -0.684. The van der Waals surface area contributed by atoms with E-state index in [2.05, 4.69) is 36.4 Å². The van der Waals surface area contributed by atoms with Crippen molar-refractivity contribution in [2.24, 2.45) is 0 Å². The molecule has 0 atom stereocenters. The largest absolute Gasteiger partial charge is 0.497 e. The number of unbranched alkanes of at least 4 members (excludes halogenated alkanes) is 7. The Balaban J connectivity index is 1.63. The fourth-order valence-corrected chi connectivity index (χ4v) is 4.45. The molecule has 0 fully saturated rings. The molecule has 0 amide bonds. The smallest absolute Gasteiger partial charge is 0.303 e. The standard InChI is InChI=1S/C29H36O4/c1-32-24-16-13-22(14-17-24)26-19-15-23-21-25(33-2)18-20-27(23)28(26)11-9-7-5-3-4-6-8-10-12-29(30)31/h13-21H,3-12H2,1-2H3,(H,30,31). The van der Waals surface area contributed by atoms with E-state index < -0.39 is 5.97 Å². The molecular weight excluding hydrogens is 412 g/mol. The maximum atomic E-state index is 10.6. The molecule has 0 saturated carbocycles. The molecule has 0 radical (unpaired) electrons. The van der Waals surface area contributed by atoms with Crippen molar-refractivity contribution in [1.82, 2.24) is 0 Å². The van der Waals surface area contributed by atoms with Gasteiger partial charge in [0.15, 0.2) is 0 Å². The van der Waals surface area contributed by atoms with Gasteiger partial charge in [0.25, 0.3) is 0 Å². The second kappa shape index (κ2) is 12.9. The van der Waals surface area contributed by atoms with Gasteiger partial charge in [0.05, 0.1) is 14.2 Å². The van der Waals surface area contributed by atoms with Gasteiger partial charge in [-0.05, 0) is 71.0 Å². The number of aliphatic carboxylic acids is 1. The van der Waals surface area contributed by atoms with Crippen LogP contribution in [0.2, 0.25) is 0 Å². The Kier molecular flexibility index (Phi) is 9.61. The molecule has 0 aromatic heterocycles. The summed E-state index contributed by atoms with van der Waals surface area (Å²) in [6.07, 6.45) is 10.3. The van der Waals surface area contributed by atoms with Crippen LogP contribution in [0.25, 0.3) is 21.9 Å². The minimum absolute atomic E-state index is 0.299. The lowest BCUT2D eigenvalue weighted by molar-refractivity contribution is -0.137. The van der Waals surface area contributed by atoms with E-state index in [1.54, 1.807) is 14.2 Å². The van der Waals surface area contributed by atoms with Crippen LogP contribution in [0.3, 0.4) is 0 Å². The van der Waals surface area contributed by atoms with Crippen LogP contribution >= 0.6 is 0 Å². The lowest BCUT2D eigenvalue weighted by Crippen LogP contribution is -1.95. The average molecular weight is 449 g/mol. The van der Waals surface area contributed by atoms with Crippen molar-refractivity contribution < 1.29 is 19.4 Å². The second-order valence-corrected chi connectivity index (χ2v) is 8.63. The number of carboxylic acid groups (broad SMARTS) is 1. The number of aryl methyl sites for hydroxylation is 1. The van der Waals surface area contributed by atoms with Gasteiger partial charge in [-0.25, -0.2) is 0 Å². The fourth-order valence-electron chi connectivity index (χ4n) is 4.45. The van der Waals surface area contributed by atoms with Crippen LogP contribution < -0.4 is 9.47 Å². The molecule has 3 aromatic rings. The highest BCUT2D eigenvalue weighted by molar-refractivity contribution is 5.92. The Hall–Kier alpha value is -3.01. The van der Waals surface area contributed by atoms with Crippen molar-refractivity contribution in [2.75, 3.05) is 14.2 Å². The Bertz CT molecular complexity index is 1020. The maximum Gasteiger partial charge on any atom is 0.303 e. The van der Waals surface area contributed by atoms with E-state index in [1.165, 1.54) is 53.1 Å². The number of benzene rings is 3. The molecule has 3 rings (SSSR count). The first-order chi connectivity index (χ1) is 16.1. The molecule has 0 aliphatic rings. The molecule has 0 unspecified atom stereocenters. The van der Waals surface area contributed by atoms with Gasteiger partial charge < -0.3 is 14.6 Å². The highest BCUT2D eigenvalue weighted by Gasteiger charge is 2.11. The molecular formula is C29H36O4. The van der Waals surface area contributed by atoms with Crippen LogP contribution in [0, 0.1) is 0 Å². The molecule has 0 aliphatic heterocycles. The summed E-state index contributed by atoms with van der Waals surface area (Å²) in [5, 5.41) is 11.2. The van der Waals surface area contributed by atoms with Crippen LogP contribution in [0.5, 0.6) is 11.5 Å². The van der Waals surface area contributed by atoms with Gasteiger partial charge in [0.1, 0.15) is 11.5 Å². The summed E-state index contributed by atoms with van der Waals surface area (Å²) >= 11 is 0. The topological polar surface area (TPSA) is 55.8 Å². The highest BCUT2D eigenvalue weighted by atomic mass is 16.5. The quantitative estimate of drug-likeness (QED) is 0.257. The molecule has 3 aromatic carbocycles. The van der Waals surface area contributed by atoms with Crippen molar-refractivity contribution in [2.45, 2.75) is 64.2 Å². The zero-order valence-corrected chi connectivity index (χ0v) is 19.9. The lowest BCUT2D eigenvalue weighted by atomic mass is 9.90. The number of hydrogen-bond donors (Lipinski definition) is 1. The maximum absolute atomic E-state index is 10.6. The van der Waals surface area contributed by atoms with Crippen molar-refractivity contribution in [3.8, 4) is 22.6 Å². The molecule has 4 heteroatoms. The first kappa shape index (κ1) is 24.6. The van der Waals surface area contributed by atoms with E-state index in [9.17, 15) is 4.79 Å². The van der Waals surface area contributed by atoms with Crippen LogP contribution in [0.1, 0.15) is 63.4 Å². The van der Waals surface area contributed by atoms with E-state index >= 15 is 0 Å². The number of hydrogen-bond acceptors (Lipinski definition) is 3. The molecule has 1 N–H and O–H groups in total. The summed E-state index contributed by atoms with van der Waals surface area (Å²) < 4.78 is 10.8. The molecule has 0 heterocycles. The fraction of sp³-hybridized carbons (Fsp3) is 0.414. The molecule has 0 spiro atoms. The third-order valence-electron chi connectivity index (χ3n) is 6.31. The summed E-state index contributed by atoms with van der Waals surface area (Å²) in [5.74, 6) is 1.07. The van der Waals surface area contributed by atoms with Crippen LogP contribution in [-0.4, -0.2) is 25.3 Å². The predicted molar refractivity (Wildman–Crippen MR) is 135 cm³/mol. The Labute approximate surface area is 197 Å². The third kappa shape index (κ3) is 7.24.